The normalized spacial score (nSPS) is 11.3. The summed E-state index contributed by atoms with van der Waals surface area (Å²) in [5, 5.41) is 13.6. The summed E-state index contributed by atoms with van der Waals surface area (Å²) in [6.45, 7) is 4.67. The van der Waals surface area contributed by atoms with Gasteiger partial charge in [0.1, 0.15) is 0 Å². The Hall–Kier alpha value is -3.33. The number of methoxy groups -OCH3 is 2. The largest absolute Gasteiger partial charge is 0.493 e. The number of nitrogens with zero attached hydrogens (tertiary/aromatic N) is 4. The number of thioether (sulfide) groups is 1. The number of amides is 1. The van der Waals surface area contributed by atoms with Gasteiger partial charge < -0.3 is 14.0 Å². The topological polar surface area (TPSA) is 90.6 Å². The van der Waals surface area contributed by atoms with Gasteiger partial charge >= 0.3 is 0 Å². The zero-order valence-corrected chi connectivity index (χ0v) is 19.5. The molecular formula is C23H27N5O3S. The van der Waals surface area contributed by atoms with E-state index in [4.69, 9.17) is 9.47 Å². The molecule has 1 heterocycles. The van der Waals surface area contributed by atoms with Crippen molar-refractivity contribution in [3.8, 4) is 22.9 Å². The molecule has 8 nitrogen and oxygen atoms in total. The lowest BCUT2D eigenvalue weighted by atomic mass is 10.1. The summed E-state index contributed by atoms with van der Waals surface area (Å²) in [5.74, 6) is 1.95. The van der Waals surface area contributed by atoms with Crippen molar-refractivity contribution in [2.45, 2.75) is 32.0 Å². The molecule has 168 valence electrons. The van der Waals surface area contributed by atoms with Crippen LogP contribution in [-0.2, 0) is 11.3 Å². The number of hydrazone groups is 1. The first-order valence-corrected chi connectivity index (χ1v) is 11.3. The molecule has 0 aliphatic carbocycles. The maximum Gasteiger partial charge on any atom is 0.250 e. The molecule has 1 aromatic heterocycles. The van der Waals surface area contributed by atoms with E-state index in [1.54, 1.807) is 14.2 Å². The van der Waals surface area contributed by atoms with Crippen molar-refractivity contribution in [3.63, 3.8) is 0 Å². The van der Waals surface area contributed by atoms with E-state index in [0.717, 1.165) is 23.3 Å². The highest BCUT2D eigenvalue weighted by molar-refractivity contribution is 7.99. The number of ether oxygens (including phenoxy) is 2. The highest BCUT2D eigenvalue weighted by atomic mass is 32.2. The monoisotopic (exact) mass is 453 g/mol. The molecule has 0 atom stereocenters. The molecule has 1 N–H and O–H groups in total. The second-order valence-electron chi connectivity index (χ2n) is 6.72. The van der Waals surface area contributed by atoms with Crippen LogP contribution in [0, 0.1) is 0 Å². The Labute approximate surface area is 192 Å². The van der Waals surface area contributed by atoms with E-state index in [-0.39, 0.29) is 11.7 Å². The number of hydrogen-bond donors (Lipinski definition) is 1. The van der Waals surface area contributed by atoms with Crippen LogP contribution >= 0.6 is 11.8 Å². The fourth-order valence-electron chi connectivity index (χ4n) is 3.14. The van der Waals surface area contributed by atoms with Gasteiger partial charge in [0.2, 0.25) is 0 Å². The fourth-order valence-corrected chi connectivity index (χ4v) is 3.93. The smallest absolute Gasteiger partial charge is 0.250 e. The number of carbonyl (C=O) groups excluding carboxylic acids is 1. The highest BCUT2D eigenvalue weighted by Crippen LogP contribution is 2.32. The van der Waals surface area contributed by atoms with Gasteiger partial charge in [0, 0.05) is 12.1 Å². The number of rotatable bonds is 10. The van der Waals surface area contributed by atoms with Gasteiger partial charge in [0.25, 0.3) is 5.91 Å². The van der Waals surface area contributed by atoms with E-state index in [1.807, 2.05) is 66.9 Å². The first-order chi connectivity index (χ1) is 15.6. The van der Waals surface area contributed by atoms with Crippen LogP contribution < -0.4 is 14.9 Å². The molecule has 0 fully saturated rings. The lowest BCUT2D eigenvalue weighted by Gasteiger charge is -2.11. The molecule has 32 heavy (non-hydrogen) atoms. The maximum atomic E-state index is 12.4. The SMILES string of the molecule is CCC(=NNC(=O)CSc1nnc(-c2ccc(OC)c(OC)c2)n1CC)c1ccccc1. The van der Waals surface area contributed by atoms with Gasteiger partial charge in [0.05, 0.1) is 25.7 Å². The minimum absolute atomic E-state index is 0.180. The molecule has 0 spiro atoms. The minimum atomic E-state index is -0.199. The third-order valence-electron chi connectivity index (χ3n) is 4.76. The third-order valence-corrected chi connectivity index (χ3v) is 5.73. The Morgan fingerprint density at radius 3 is 2.47 bits per heavy atom. The van der Waals surface area contributed by atoms with Crippen LogP contribution in [0.3, 0.4) is 0 Å². The molecule has 3 aromatic rings. The second kappa shape index (κ2) is 11.3. The first kappa shape index (κ1) is 23.3. The van der Waals surface area contributed by atoms with Crippen molar-refractivity contribution in [3.05, 3.63) is 54.1 Å². The van der Waals surface area contributed by atoms with Gasteiger partial charge in [-0.25, -0.2) is 5.43 Å². The molecule has 9 heteroatoms. The Morgan fingerprint density at radius 2 is 1.81 bits per heavy atom. The Balaban J connectivity index is 1.69. The molecule has 0 unspecified atom stereocenters. The molecule has 0 saturated heterocycles. The van der Waals surface area contributed by atoms with Crippen LogP contribution in [0.1, 0.15) is 25.8 Å². The predicted molar refractivity (Wildman–Crippen MR) is 126 cm³/mol. The van der Waals surface area contributed by atoms with E-state index in [9.17, 15) is 4.79 Å². The molecule has 0 aliphatic rings. The van der Waals surface area contributed by atoms with Crippen molar-refractivity contribution >= 4 is 23.4 Å². The number of aromatic nitrogens is 3. The van der Waals surface area contributed by atoms with Crippen molar-refractivity contribution in [2.24, 2.45) is 5.10 Å². The van der Waals surface area contributed by atoms with Gasteiger partial charge in [0.15, 0.2) is 22.5 Å². The average molecular weight is 454 g/mol. The maximum absolute atomic E-state index is 12.4. The van der Waals surface area contributed by atoms with Gasteiger partial charge in [-0.05, 0) is 37.1 Å². The molecular weight excluding hydrogens is 426 g/mol. The van der Waals surface area contributed by atoms with Crippen molar-refractivity contribution in [1.82, 2.24) is 20.2 Å². The van der Waals surface area contributed by atoms with Crippen molar-refractivity contribution in [2.75, 3.05) is 20.0 Å². The molecule has 0 aliphatic heterocycles. The molecule has 1 amide bonds. The number of nitrogens with one attached hydrogen (secondary N) is 1. The summed E-state index contributed by atoms with van der Waals surface area (Å²) in [5.41, 5.74) is 5.33. The van der Waals surface area contributed by atoms with Gasteiger partial charge in [-0.3, -0.25) is 4.79 Å². The van der Waals surface area contributed by atoms with Crippen LogP contribution in [0.2, 0.25) is 0 Å². The highest BCUT2D eigenvalue weighted by Gasteiger charge is 2.16. The van der Waals surface area contributed by atoms with Crippen LogP contribution in [-0.4, -0.2) is 46.4 Å². The van der Waals surface area contributed by atoms with Crippen LogP contribution in [0.5, 0.6) is 11.5 Å². The molecule has 3 rings (SSSR count). The molecule has 0 radical (unpaired) electrons. The number of carbonyl (C=O) groups is 1. The summed E-state index contributed by atoms with van der Waals surface area (Å²) >= 11 is 1.32. The first-order valence-electron chi connectivity index (χ1n) is 10.3. The standard InChI is InChI=1S/C23H27N5O3S/c1-5-18(16-10-8-7-9-11-16)24-25-21(29)15-32-23-27-26-22(28(23)6-2)17-12-13-19(30-3)20(14-17)31-4/h7-14H,5-6,15H2,1-4H3,(H,25,29). The van der Waals surface area contributed by atoms with E-state index >= 15 is 0 Å². The van der Waals surface area contributed by atoms with Crippen LogP contribution in [0.4, 0.5) is 0 Å². The zero-order valence-electron chi connectivity index (χ0n) is 18.7. The summed E-state index contributed by atoms with van der Waals surface area (Å²) in [6.07, 6.45) is 0.719. The number of benzene rings is 2. The number of hydrogen-bond acceptors (Lipinski definition) is 7. The van der Waals surface area contributed by atoms with E-state index < -0.39 is 0 Å². The summed E-state index contributed by atoms with van der Waals surface area (Å²) in [6, 6.07) is 15.4. The second-order valence-corrected chi connectivity index (χ2v) is 7.66. The summed E-state index contributed by atoms with van der Waals surface area (Å²) in [7, 11) is 3.19. The summed E-state index contributed by atoms with van der Waals surface area (Å²) in [4.78, 5) is 12.4. The predicted octanol–water partition coefficient (Wildman–Crippen LogP) is 4.00. The van der Waals surface area contributed by atoms with E-state index in [1.165, 1.54) is 11.8 Å². The average Bonchev–Trinajstić information content (AvgIpc) is 3.26. The lowest BCUT2D eigenvalue weighted by molar-refractivity contribution is -0.118. The van der Waals surface area contributed by atoms with Crippen molar-refractivity contribution < 1.29 is 14.3 Å². The van der Waals surface area contributed by atoms with Gasteiger partial charge in [-0.1, -0.05) is 49.0 Å². The molecule has 0 bridgehead atoms. The lowest BCUT2D eigenvalue weighted by Crippen LogP contribution is -2.22. The van der Waals surface area contributed by atoms with Crippen molar-refractivity contribution in [1.29, 1.82) is 0 Å². The van der Waals surface area contributed by atoms with E-state index in [2.05, 4.69) is 20.7 Å². The van der Waals surface area contributed by atoms with Crippen LogP contribution in [0.15, 0.2) is 58.8 Å². The Morgan fingerprint density at radius 1 is 1.06 bits per heavy atom. The fraction of sp³-hybridized carbons (Fsp3) is 0.304. The minimum Gasteiger partial charge on any atom is -0.493 e. The van der Waals surface area contributed by atoms with Gasteiger partial charge in [-0.15, -0.1) is 10.2 Å². The van der Waals surface area contributed by atoms with E-state index in [0.29, 0.717) is 29.0 Å². The quantitative estimate of drug-likeness (QED) is 0.283. The molecule has 2 aromatic carbocycles. The Kier molecular flexibility index (Phi) is 8.27. The third kappa shape index (κ3) is 5.47. The molecule has 0 saturated carbocycles. The summed E-state index contributed by atoms with van der Waals surface area (Å²) < 4.78 is 12.7. The van der Waals surface area contributed by atoms with Gasteiger partial charge in [-0.2, -0.15) is 5.10 Å². The Bertz CT molecular complexity index is 1080. The zero-order chi connectivity index (χ0) is 22.9. The van der Waals surface area contributed by atoms with Crippen LogP contribution in [0.25, 0.3) is 11.4 Å².